The summed E-state index contributed by atoms with van der Waals surface area (Å²) in [7, 11) is 1.57. The van der Waals surface area contributed by atoms with Crippen molar-refractivity contribution in [2.75, 3.05) is 7.11 Å². The molecule has 1 unspecified atom stereocenters. The van der Waals surface area contributed by atoms with E-state index in [2.05, 4.69) is 15.0 Å². The van der Waals surface area contributed by atoms with Gasteiger partial charge in [0.05, 0.1) is 12.8 Å². The second kappa shape index (κ2) is 7.32. The summed E-state index contributed by atoms with van der Waals surface area (Å²) >= 11 is 0. The van der Waals surface area contributed by atoms with Crippen LogP contribution in [0.3, 0.4) is 0 Å². The number of ether oxygens (including phenoxy) is 2. The zero-order chi connectivity index (χ0) is 16.9. The number of aromatic nitrogens is 1. The van der Waals surface area contributed by atoms with Gasteiger partial charge in [0.15, 0.2) is 0 Å². The Morgan fingerprint density at radius 3 is 2.48 bits per heavy atom. The first-order valence-corrected chi connectivity index (χ1v) is 6.96. The van der Waals surface area contributed by atoms with E-state index in [1.54, 1.807) is 31.5 Å². The number of benzene rings is 1. The fraction of sp³-hybridized carbons (Fsp3) is 0.312. The summed E-state index contributed by atoms with van der Waals surface area (Å²) in [6.45, 7) is 2.39. The molecular formula is C16H17F3N2O2. The average molecular weight is 326 g/mol. The minimum Gasteiger partial charge on any atom is -0.495 e. The molecule has 0 radical (unpaired) electrons. The molecule has 0 saturated heterocycles. The largest absolute Gasteiger partial charge is 0.573 e. The molecule has 2 rings (SSSR count). The van der Waals surface area contributed by atoms with E-state index in [-0.39, 0.29) is 11.8 Å². The maximum atomic E-state index is 12.1. The van der Waals surface area contributed by atoms with Crippen molar-refractivity contribution < 1.29 is 22.6 Å². The molecule has 0 fully saturated rings. The van der Waals surface area contributed by atoms with Crippen LogP contribution in [0.25, 0.3) is 0 Å². The summed E-state index contributed by atoms with van der Waals surface area (Å²) in [5, 5.41) is 3.25. The summed E-state index contributed by atoms with van der Waals surface area (Å²) in [6.07, 6.45) is -3.01. The second-order valence-electron chi connectivity index (χ2n) is 4.87. The molecule has 0 aliphatic rings. The van der Waals surface area contributed by atoms with Gasteiger partial charge in [-0.2, -0.15) is 0 Å². The normalized spacial score (nSPS) is 12.7. The monoisotopic (exact) mass is 326 g/mol. The summed E-state index contributed by atoms with van der Waals surface area (Å²) in [4.78, 5) is 4.24. The van der Waals surface area contributed by atoms with Gasteiger partial charge in [0.2, 0.25) is 0 Å². The molecule has 124 valence electrons. The second-order valence-corrected chi connectivity index (χ2v) is 4.87. The lowest BCUT2D eigenvalue weighted by Gasteiger charge is -2.16. The van der Waals surface area contributed by atoms with Crippen molar-refractivity contribution in [2.45, 2.75) is 25.9 Å². The molecular weight excluding hydrogens is 309 g/mol. The Hall–Kier alpha value is -2.28. The lowest BCUT2D eigenvalue weighted by atomic mass is 10.1. The molecule has 0 saturated carbocycles. The summed E-state index contributed by atoms with van der Waals surface area (Å²) in [5.74, 6) is 0.445. The van der Waals surface area contributed by atoms with Gasteiger partial charge >= 0.3 is 6.36 Å². The van der Waals surface area contributed by atoms with E-state index in [1.165, 1.54) is 12.1 Å². The molecule has 1 aromatic carbocycles. The Kier molecular flexibility index (Phi) is 5.44. The summed E-state index contributed by atoms with van der Waals surface area (Å²) in [6, 6.07) is 9.30. The van der Waals surface area contributed by atoms with Crippen LogP contribution in [0.4, 0.5) is 13.2 Å². The number of rotatable bonds is 6. The van der Waals surface area contributed by atoms with Crippen LogP contribution in [-0.4, -0.2) is 18.5 Å². The van der Waals surface area contributed by atoms with Gasteiger partial charge in [-0.25, -0.2) is 0 Å². The van der Waals surface area contributed by atoms with Crippen LogP contribution in [0.5, 0.6) is 11.5 Å². The highest BCUT2D eigenvalue weighted by Gasteiger charge is 2.31. The van der Waals surface area contributed by atoms with Crippen molar-refractivity contribution in [3.63, 3.8) is 0 Å². The average Bonchev–Trinajstić information content (AvgIpc) is 2.52. The van der Waals surface area contributed by atoms with Crippen LogP contribution in [0.1, 0.15) is 24.2 Å². The number of nitrogens with zero attached hydrogens (tertiary/aromatic N) is 1. The summed E-state index contributed by atoms with van der Waals surface area (Å²) in [5.41, 5.74) is 1.60. The van der Waals surface area contributed by atoms with E-state index in [4.69, 9.17) is 4.74 Å². The highest BCUT2D eigenvalue weighted by molar-refractivity contribution is 5.30. The Morgan fingerprint density at radius 2 is 1.87 bits per heavy atom. The fourth-order valence-corrected chi connectivity index (χ4v) is 2.07. The first-order valence-electron chi connectivity index (χ1n) is 6.96. The van der Waals surface area contributed by atoms with Crippen molar-refractivity contribution >= 4 is 0 Å². The van der Waals surface area contributed by atoms with Crippen molar-refractivity contribution in [1.29, 1.82) is 0 Å². The topological polar surface area (TPSA) is 43.4 Å². The Morgan fingerprint density at radius 1 is 1.17 bits per heavy atom. The third-order valence-corrected chi connectivity index (χ3v) is 3.26. The van der Waals surface area contributed by atoms with E-state index < -0.39 is 6.36 Å². The molecule has 1 atom stereocenters. The molecule has 0 amide bonds. The predicted octanol–water partition coefficient (Wildman–Crippen LogP) is 3.84. The van der Waals surface area contributed by atoms with Crippen LogP contribution in [0.2, 0.25) is 0 Å². The number of hydrogen-bond acceptors (Lipinski definition) is 4. The van der Waals surface area contributed by atoms with E-state index in [0.717, 1.165) is 11.3 Å². The lowest BCUT2D eigenvalue weighted by Crippen LogP contribution is -2.19. The Bertz CT molecular complexity index is 630. The Labute approximate surface area is 132 Å². The van der Waals surface area contributed by atoms with Crippen LogP contribution in [-0.2, 0) is 6.54 Å². The smallest absolute Gasteiger partial charge is 0.495 e. The first-order chi connectivity index (χ1) is 10.9. The van der Waals surface area contributed by atoms with E-state index in [1.807, 2.05) is 13.0 Å². The number of hydrogen-bond donors (Lipinski definition) is 1. The van der Waals surface area contributed by atoms with Gasteiger partial charge in [0.25, 0.3) is 0 Å². The minimum absolute atomic E-state index is 0.0679. The summed E-state index contributed by atoms with van der Waals surface area (Å²) < 4.78 is 45.4. The van der Waals surface area contributed by atoms with Gasteiger partial charge in [-0.05, 0) is 36.8 Å². The quantitative estimate of drug-likeness (QED) is 0.876. The van der Waals surface area contributed by atoms with Gasteiger partial charge in [0.1, 0.15) is 11.5 Å². The molecule has 1 heterocycles. The van der Waals surface area contributed by atoms with Crippen molar-refractivity contribution in [3.05, 3.63) is 53.9 Å². The molecule has 4 nitrogen and oxygen atoms in total. The van der Waals surface area contributed by atoms with Crippen LogP contribution in [0.15, 0.2) is 42.6 Å². The zero-order valence-corrected chi connectivity index (χ0v) is 12.7. The maximum absolute atomic E-state index is 12.1. The van der Waals surface area contributed by atoms with Crippen molar-refractivity contribution in [3.8, 4) is 11.5 Å². The van der Waals surface area contributed by atoms with Crippen molar-refractivity contribution in [2.24, 2.45) is 0 Å². The SMILES string of the molecule is COc1cccnc1CNC(C)c1ccc(OC(F)(F)F)cc1. The molecule has 0 aliphatic carbocycles. The molecule has 0 bridgehead atoms. The number of alkyl halides is 3. The van der Waals surface area contributed by atoms with E-state index >= 15 is 0 Å². The molecule has 0 aliphatic heterocycles. The van der Waals surface area contributed by atoms with E-state index in [0.29, 0.717) is 12.3 Å². The number of pyridine rings is 1. The minimum atomic E-state index is -4.68. The third kappa shape index (κ3) is 5.14. The highest BCUT2D eigenvalue weighted by Crippen LogP contribution is 2.24. The van der Waals surface area contributed by atoms with Gasteiger partial charge < -0.3 is 14.8 Å². The number of methoxy groups -OCH3 is 1. The third-order valence-electron chi connectivity index (χ3n) is 3.26. The highest BCUT2D eigenvalue weighted by atomic mass is 19.4. The van der Waals surface area contributed by atoms with Crippen LogP contribution >= 0.6 is 0 Å². The molecule has 2 aromatic rings. The zero-order valence-electron chi connectivity index (χ0n) is 12.7. The van der Waals surface area contributed by atoms with E-state index in [9.17, 15) is 13.2 Å². The molecule has 7 heteroatoms. The maximum Gasteiger partial charge on any atom is 0.573 e. The predicted molar refractivity (Wildman–Crippen MR) is 79.2 cm³/mol. The molecule has 23 heavy (non-hydrogen) atoms. The van der Waals surface area contributed by atoms with Crippen molar-refractivity contribution in [1.82, 2.24) is 10.3 Å². The molecule has 0 spiro atoms. The molecule has 1 aromatic heterocycles. The molecule has 1 N–H and O–H groups in total. The van der Waals surface area contributed by atoms with Gasteiger partial charge in [-0.1, -0.05) is 12.1 Å². The number of nitrogens with one attached hydrogen (secondary N) is 1. The van der Waals surface area contributed by atoms with Gasteiger partial charge in [-0.3, -0.25) is 4.98 Å². The van der Waals surface area contributed by atoms with Crippen LogP contribution < -0.4 is 14.8 Å². The van der Waals surface area contributed by atoms with Crippen LogP contribution in [0, 0.1) is 0 Å². The Balaban J connectivity index is 1.96. The number of halogens is 3. The first kappa shape index (κ1) is 17.1. The fourth-order valence-electron chi connectivity index (χ4n) is 2.07. The standard InChI is InChI=1S/C16H17F3N2O2/c1-11(21-10-14-15(22-2)4-3-9-20-14)12-5-7-13(8-6-12)23-16(17,18)19/h3-9,11,21H,10H2,1-2H3. The van der Waals surface area contributed by atoms with Gasteiger partial charge in [-0.15, -0.1) is 13.2 Å². The lowest BCUT2D eigenvalue weighted by molar-refractivity contribution is -0.274. The van der Waals surface area contributed by atoms with Gasteiger partial charge in [0, 0.05) is 18.8 Å².